The SMILES string of the molecule is O=c1c(O)c(N=Nc2ccccc2)n(-c2ccccc2)c(=S)n1-c1ccccc1. The fourth-order valence-corrected chi connectivity index (χ4v) is 3.27. The second-order valence-corrected chi connectivity index (χ2v) is 6.50. The monoisotopic (exact) mass is 400 g/mol. The van der Waals surface area contributed by atoms with Crippen molar-refractivity contribution < 1.29 is 5.11 Å². The summed E-state index contributed by atoms with van der Waals surface area (Å²) in [6.45, 7) is 0. The van der Waals surface area contributed by atoms with Crippen LogP contribution in [0.5, 0.6) is 5.75 Å². The highest BCUT2D eigenvalue weighted by atomic mass is 32.1. The maximum absolute atomic E-state index is 12.9. The third kappa shape index (κ3) is 3.63. The van der Waals surface area contributed by atoms with E-state index in [0.717, 1.165) is 0 Å². The van der Waals surface area contributed by atoms with Crippen LogP contribution in [0.1, 0.15) is 0 Å². The van der Waals surface area contributed by atoms with E-state index in [1.54, 1.807) is 36.4 Å². The normalized spacial score (nSPS) is 11.0. The molecule has 29 heavy (non-hydrogen) atoms. The quantitative estimate of drug-likeness (QED) is 0.364. The summed E-state index contributed by atoms with van der Waals surface area (Å²) in [6, 6.07) is 27.2. The van der Waals surface area contributed by atoms with Crippen LogP contribution in [0.3, 0.4) is 0 Å². The molecule has 0 spiro atoms. The minimum atomic E-state index is -0.657. The molecule has 0 aliphatic rings. The number of nitrogens with zero attached hydrogens (tertiary/aromatic N) is 4. The Balaban J connectivity index is 2.02. The van der Waals surface area contributed by atoms with Crippen molar-refractivity contribution in [1.82, 2.24) is 9.13 Å². The number of aromatic hydroxyl groups is 1. The highest BCUT2D eigenvalue weighted by Crippen LogP contribution is 2.29. The lowest BCUT2D eigenvalue weighted by Crippen LogP contribution is -2.23. The summed E-state index contributed by atoms with van der Waals surface area (Å²) in [4.78, 5) is 12.9. The zero-order valence-electron chi connectivity index (χ0n) is 15.2. The summed E-state index contributed by atoms with van der Waals surface area (Å²) in [6.07, 6.45) is 0. The van der Waals surface area contributed by atoms with Gasteiger partial charge in [0.15, 0.2) is 4.77 Å². The van der Waals surface area contributed by atoms with Gasteiger partial charge in [0.1, 0.15) is 0 Å². The van der Waals surface area contributed by atoms with Gasteiger partial charge in [-0.1, -0.05) is 54.6 Å². The van der Waals surface area contributed by atoms with Crippen LogP contribution in [-0.2, 0) is 0 Å². The van der Waals surface area contributed by atoms with Crippen LogP contribution in [0.4, 0.5) is 11.5 Å². The number of aromatic nitrogens is 2. The molecule has 0 unspecified atom stereocenters. The van der Waals surface area contributed by atoms with Crippen LogP contribution < -0.4 is 5.56 Å². The molecule has 1 heterocycles. The third-order valence-corrected chi connectivity index (χ3v) is 4.62. The van der Waals surface area contributed by atoms with Crippen LogP contribution in [0.2, 0.25) is 0 Å². The predicted octanol–water partition coefficient (Wildman–Crippen LogP) is 5.48. The van der Waals surface area contributed by atoms with Crippen molar-refractivity contribution in [2.24, 2.45) is 10.2 Å². The van der Waals surface area contributed by atoms with Crippen molar-refractivity contribution in [3.05, 3.63) is 106 Å². The van der Waals surface area contributed by atoms with E-state index in [4.69, 9.17) is 12.2 Å². The molecule has 7 heteroatoms. The lowest BCUT2D eigenvalue weighted by Gasteiger charge is -2.16. The Hall–Kier alpha value is -3.84. The molecular formula is C22H16N4O2S. The Labute approximate surface area is 171 Å². The smallest absolute Gasteiger partial charge is 0.303 e. The van der Waals surface area contributed by atoms with Crippen LogP contribution in [0.15, 0.2) is 106 Å². The molecule has 0 saturated heterocycles. The van der Waals surface area contributed by atoms with Gasteiger partial charge in [-0.15, -0.1) is 10.2 Å². The zero-order chi connectivity index (χ0) is 20.2. The first-order valence-electron chi connectivity index (χ1n) is 8.85. The lowest BCUT2D eigenvalue weighted by molar-refractivity contribution is 0.457. The van der Waals surface area contributed by atoms with E-state index in [-0.39, 0.29) is 10.6 Å². The summed E-state index contributed by atoms with van der Waals surface area (Å²) < 4.78 is 2.98. The Kier molecular flexibility index (Phi) is 5.13. The molecule has 4 rings (SSSR count). The lowest BCUT2D eigenvalue weighted by atomic mass is 10.3. The maximum Gasteiger partial charge on any atom is 0.303 e. The molecule has 0 fully saturated rings. The highest BCUT2D eigenvalue weighted by Gasteiger charge is 2.19. The van der Waals surface area contributed by atoms with Crippen molar-refractivity contribution in [2.75, 3.05) is 0 Å². The van der Waals surface area contributed by atoms with E-state index in [2.05, 4.69) is 10.2 Å². The van der Waals surface area contributed by atoms with Crippen LogP contribution in [0.25, 0.3) is 11.4 Å². The molecule has 0 atom stereocenters. The van der Waals surface area contributed by atoms with Crippen molar-refractivity contribution in [1.29, 1.82) is 0 Å². The number of hydrogen-bond acceptors (Lipinski definition) is 5. The largest absolute Gasteiger partial charge is 0.500 e. The Morgan fingerprint density at radius 3 is 1.72 bits per heavy atom. The van der Waals surface area contributed by atoms with E-state index in [0.29, 0.717) is 17.1 Å². The van der Waals surface area contributed by atoms with Crippen molar-refractivity contribution in [3.8, 4) is 17.1 Å². The van der Waals surface area contributed by atoms with Crippen molar-refractivity contribution in [2.45, 2.75) is 0 Å². The van der Waals surface area contributed by atoms with E-state index < -0.39 is 11.3 Å². The van der Waals surface area contributed by atoms with Gasteiger partial charge < -0.3 is 5.11 Å². The highest BCUT2D eigenvalue weighted by molar-refractivity contribution is 7.71. The summed E-state index contributed by atoms with van der Waals surface area (Å²) >= 11 is 5.63. The number of hydrogen-bond donors (Lipinski definition) is 1. The van der Waals surface area contributed by atoms with Crippen molar-refractivity contribution in [3.63, 3.8) is 0 Å². The molecule has 1 N–H and O–H groups in total. The molecule has 0 saturated carbocycles. The fourth-order valence-electron chi connectivity index (χ4n) is 2.89. The standard InChI is InChI=1S/C22H16N4O2S/c27-19-20(24-23-16-10-4-1-5-11-16)25(17-12-6-2-7-13-17)22(29)26(21(19)28)18-14-8-3-9-15-18/h1-15,27H. The first-order valence-corrected chi connectivity index (χ1v) is 9.26. The fraction of sp³-hybridized carbons (Fsp3) is 0. The average Bonchev–Trinajstić information content (AvgIpc) is 2.77. The van der Waals surface area contributed by atoms with Gasteiger partial charge in [-0.3, -0.25) is 9.36 Å². The zero-order valence-corrected chi connectivity index (χ0v) is 16.0. The van der Waals surface area contributed by atoms with Crippen LogP contribution in [0, 0.1) is 4.77 Å². The molecule has 4 aromatic rings. The van der Waals surface area contributed by atoms with Crippen LogP contribution >= 0.6 is 12.2 Å². The topological polar surface area (TPSA) is 71.9 Å². The molecule has 0 bridgehead atoms. The van der Waals surface area contributed by atoms with Gasteiger partial charge in [0.2, 0.25) is 11.6 Å². The number of benzene rings is 3. The second-order valence-electron chi connectivity index (χ2n) is 6.14. The molecule has 0 aliphatic heterocycles. The molecule has 0 amide bonds. The first kappa shape index (κ1) is 18.5. The minimum Gasteiger partial charge on any atom is -0.500 e. The number of rotatable bonds is 4. The van der Waals surface area contributed by atoms with Gasteiger partial charge in [0.25, 0.3) is 0 Å². The molecular weight excluding hydrogens is 384 g/mol. The van der Waals surface area contributed by atoms with E-state index >= 15 is 0 Å². The number of para-hydroxylation sites is 2. The predicted molar refractivity (Wildman–Crippen MR) is 114 cm³/mol. The van der Waals surface area contributed by atoms with Gasteiger partial charge in [0.05, 0.1) is 17.1 Å². The van der Waals surface area contributed by atoms with Crippen LogP contribution in [-0.4, -0.2) is 14.2 Å². The molecule has 6 nitrogen and oxygen atoms in total. The summed E-state index contributed by atoms with van der Waals surface area (Å²) in [7, 11) is 0. The molecule has 0 aliphatic carbocycles. The minimum absolute atomic E-state index is 0.0257. The van der Waals surface area contributed by atoms with E-state index in [1.165, 1.54) is 9.13 Å². The second kappa shape index (κ2) is 8.04. The Bertz CT molecular complexity index is 1280. The average molecular weight is 400 g/mol. The Morgan fingerprint density at radius 1 is 0.690 bits per heavy atom. The summed E-state index contributed by atoms with van der Waals surface area (Å²) in [5.74, 6) is -0.562. The Morgan fingerprint density at radius 2 is 1.17 bits per heavy atom. The van der Waals surface area contributed by atoms with E-state index in [1.807, 2.05) is 54.6 Å². The van der Waals surface area contributed by atoms with Gasteiger partial charge in [0, 0.05) is 0 Å². The van der Waals surface area contributed by atoms with Gasteiger partial charge in [-0.25, -0.2) is 4.57 Å². The first-order chi connectivity index (χ1) is 14.2. The van der Waals surface area contributed by atoms with Gasteiger partial charge in [-0.05, 0) is 48.6 Å². The molecule has 1 aromatic heterocycles. The molecule has 142 valence electrons. The molecule has 3 aromatic carbocycles. The van der Waals surface area contributed by atoms with Crippen molar-refractivity contribution >= 4 is 23.7 Å². The van der Waals surface area contributed by atoms with E-state index in [9.17, 15) is 9.90 Å². The summed E-state index contributed by atoms with van der Waals surface area (Å²) in [5, 5.41) is 19.1. The maximum atomic E-state index is 12.9. The summed E-state index contributed by atoms with van der Waals surface area (Å²) in [5.41, 5.74) is 1.13. The molecule has 0 radical (unpaired) electrons. The van der Waals surface area contributed by atoms with Gasteiger partial charge in [-0.2, -0.15) is 0 Å². The third-order valence-electron chi connectivity index (χ3n) is 4.26. The number of azo groups is 1. The van der Waals surface area contributed by atoms with Gasteiger partial charge >= 0.3 is 5.56 Å².